The molecule has 1 aliphatic heterocycles. The fourth-order valence-electron chi connectivity index (χ4n) is 0.756. The van der Waals surface area contributed by atoms with Gasteiger partial charge in [0.25, 0.3) is 5.36 Å². The van der Waals surface area contributed by atoms with E-state index >= 15 is 0 Å². The van der Waals surface area contributed by atoms with Crippen molar-refractivity contribution in [3.8, 4) is 0 Å². The third-order valence-corrected chi connectivity index (χ3v) is 1.47. The summed E-state index contributed by atoms with van der Waals surface area (Å²) < 4.78 is 5.17. The van der Waals surface area contributed by atoms with Crippen molar-refractivity contribution < 1.29 is 4.74 Å². The van der Waals surface area contributed by atoms with Crippen LogP contribution in [-0.2, 0) is 4.74 Å². The van der Waals surface area contributed by atoms with E-state index in [4.69, 9.17) is 16.3 Å². The zero-order valence-corrected chi connectivity index (χ0v) is 7.58. The summed E-state index contributed by atoms with van der Waals surface area (Å²) >= 11 is 5.66. The smallest absolute Gasteiger partial charge is 0.288 e. The van der Waals surface area contributed by atoms with E-state index in [9.17, 15) is 0 Å². The second-order valence-electron chi connectivity index (χ2n) is 2.42. The van der Waals surface area contributed by atoms with Crippen LogP contribution < -0.4 is 0 Å². The molecule has 0 aromatic heterocycles. The molecule has 1 atom stereocenters. The van der Waals surface area contributed by atoms with Gasteiger partial charge < -0.3 is 4.74 Å². The number of allylic oxidation sites excluding steroid dienone is 3. The molecule has 0 fully saturated rings. The minimum atomic E-state index is -0.0585. The third kappa shape index (κ3) is 2.93. The quantitative estimate of drug-likeness (QED) is 0.566. The molecule has 0 N–H and O–H groups in total. The van der Waals surface area contributed by atoms with Gasteiger partial charge in [-0.15, -0.1) is 0 Å². The van der Waals surface area contributed by atoms with Gasteiger partial charge in [0.1, 0.15) is 6.10 Å². The lowest BCUT2D eigenvalue weighted by molar-refractivity contribution is 0.264. The molecule has 12 heavy (non-hydrogen) atoms. The maximum Gasteiger partial charge on any atom is 0.288 e. The van der Waals surface area contributed by atoms with Gasteiger partial charge in [0.15, 0.2) is 0 Å². The highest BCUT2D eigenvalue weighted by Gasteiger charge is 2.02. The number of aliphatic imine (C=N–C) groups is 1. The first-order chi connectivity index (χ1) is 5.68. The molecular weight excluding hydrogens is 174 g/mol. The molecule has 0 saturated carbocycles. The number of rotatable bonds is 0. The number of hydrogen-bond acceptors (Lipinski definition) is 2. The standard InChI is InChI=1S/C9H10ClNO/c1-7-5-3-4-6-8(2)12-9(10)11-7/h3-6,8H,1H2,2H3/b5-3-,6-4-,11-9-. The van der Waals surface area contributed by atoms with Crippen molar-refractivity contribution in [1.29, 1.82) is 0 Å². The lowest BCUT2D eigenvalue weighted by atomic mass is 10.3. The van der Waals surface area contributed by atoms with Crippen molar-refractivity contribution in [3.63, 3.8) is 0 Å². The SMILES string of the molecule is C=C1/C=C\C=C/C(C)O/C(Cl)=N\1. The van der Waals surface area contributed by atoms with Crippen molar-refractivity contribution in [2.45, 2.75) is 13.0 Å². The summed E-state index contributed by atoms with van der Waals surface area (Å²) in [4.78, 5) is 3.89. The first-order valence-electron chi connectivity index (χ1n) is 3.63. The van der Waals surface area contributed by atoms with Crippen LogP contribution in [0.5, 0.6) is 0 Å². The van der Waals surface area contributed by atoms with Gasteiger partial charge in [0.05, 0.1) is 5.70 Å². The maximum absolute atomic E-state index is 5.66. The highest BCUT2D eigenvalue weighted by Crippen LogP contribution is 2.06. The van der Waals surface area contributed by atoms with E-state index in [-0.39, 0.29) is 11.5 Å². The van der Waals surface area contributed by atoms with Gasteiger partial charge in [-0.1, -0.05) is 18.7 Å². The van der Waals surface area contributed by atoms with Crippen LogP contribution in [0.3, 0.4) is 0 Å². The topological polar surface area (TPSA) is 21.6 Å². The van der Waals surface area contributed by atoms with Crippen LogP contribution in [0.1, 0.15) is 6.92 Å². The maximum atomic E-state index is 5.66. The number of ether oxygens (including phenoxy) is 1. The van der Waals surface area contributed by atoms with E-state index in [0.29, 0.717) is 5.70 Å². The molecule has 64 valence electrons. The lowest BCUT2D eigenvalue weighted by Gasteiger charge is -2.06. The monoisotopic (exact) mass is 183 g/mol. The highest BCUT2D eigenvalue weighted by molar-refractivity contribution is 6.63. The Morgan fingerprint density at radius 1 is 1.58 bits per heavy atom. The predicted octanol–water partition coefficient (Wildman–Crippen LogP) is 2.63. The molecule has 1 rings (SSSR count). The van der Waals surface area contributed by atoms with Gasteiger partial charge in [0, 0.05) is 0 Å². The summed E-state index contributed by atoms with van der Waals surface area (Å²) in [6.07, 6.45) is 7.31. The molecule has 0 amide bonds. The summed E-state index contributed by atoms with van der Waals surface area (Å²) in [5, 5.41) is 0.128. The van der Waals surface area contributed by atoms with Gasteiger partial charge in [-0.2, -0.15) is 0 Å². The first-order valence-corrected chi connectivity index (χ1v) is 4.01. The average Bonchev–Trinajstić information content (AvgIpc) is 2.01. The highest BCUT2D eigenvalue weighted by atomic mass is 35.5. The van der Waals surface area contributed by atoms with Gasteiger partial charge in [-0.05, 0) is 30.7 Å². The molecule has 0 radical (unpaired) electrons. The minimum Gasteiger partial charge on any atom is -0.462 e. The Labute approximate surface area is 76.9 Å². The number of halogens is 1. The van der Waals surface area contributed by atoms with Crippen LogP contribution in [0, 0.1) is 0 Å². The Kier molecular flexibility index (Phi) is 3.11. The molecule has 0 aromatic carbocycles. The summed E-state index contributed by atoms with van der Waals surface area (Å²) in [6.45, 7) is 5.55. The molecule has 0 bridgehead atoms. The molecular formula is C9H10ClNO. The van der Waals surface area contributed by atoms with Crippen molar-refractivity contribution in [2.75, 3.05) is 0 Å². The molecule has 0 saturated heterocycles. The molecule has 0 aliphatic carbocycles. The largest absolute Gasteiger partial charge is 0.462 e. The van der Waals surface area contributed by atoms with E-state index in [0.717, 1.165) is 0 Å². The first kappa shape index (κ1) is 9.07. The molecule has 2 nitrogen and oxygen atoms in total. The zero-order valence-electron chi connectivity index (χ0n) is 6.83. The van der Waals surface area contributed by atoms with Crippen LogP contribution in [0.4, 0.5) is 0 Å². The van der Waals surface area contributed by atoms with Crippen LogP contribution in [0.25, 0.3) is 0 Å². The molecule has 1 aliphatic rings. The Morgan fingerprint density at radius 3 is 3.08 bits per heavy atom. The van der Waals surface area contributed by atoms with Crippen molar-refractivity contribution in [1.82, 2.24) is 0 Å². The second kappa shape index (κ2) is 4.12. The number of hydrogen-bond donors (Lipinski definition) is 0. The summed E-state index contributed by atoms with van der Waals surface area (Å²) in [7, 11) is 0. The molecule has 3 heteroatoms. The molecule has 0 spiro atoms. The summed E-state index contributed by atoms with van der Waals surface area (Å²) in [5.41, 5.74) is 0.582. The zero-order chi connectivity index (χ0) is 8.97. The van der Waals surface area contributed by atoms with Crippen LogP contribution in [-0.4, -0.2) is 11.5 Å². The second-order valence-corrected chi connectivity index (χ2v) is 2.75. The third-order valence-electron chi connectivity index (χ3n) is 1.30. The Bertz CT molecular complexity index is 266. The van der Waals surface area contributed by atoms with Gasteiger partial charge in [0.2, 0.25) is 0 Å². The van der Waals surface area contributed by atoms with Crippen LogP contribution in [0.2, 0.25) is 0 Å². The van der Waals surface area contributed by atoms with E-state index < -0.39 is 0 Å². The van der Waals surface area contributed by atoms with E-state index in [1.54, 1.807) is 6.08 Å². The van der Waals surface area contributed by atoms with E-state index in [1.165, 1.54) is 0 Å². The summed E-state index contributed by atoms with van der Waals surface area (Å²) in [6, 6.07) is 0. The summed E-state index contributed by atoms with van der Waals surface area (Å²) in [5.74, 6) is 0. The Hall–Kier alpha value is -1.02. The van der Waals surface area contributed by atoms with Crippen LogP contribution >= 0.6 is 11.6 Å². The normalized spacial score (nSPS) is 33.3. The molecule has 1 heterocycles. The van der Waals surface area contributed by atoms with Gasteiger partial charge in [-0.25, -0.2) is 4.99 Å². The molecule has 0 aromatic rings. The van der Waals surface area contributed by atoms with E-state index in [1.807, 2.05) is 25.2 Å². The lowest BCUT2D eigenvalue weighted by Crippen LogP contribution is -2.07. The Morgan fingerprint density at radius 2 is 2.33 bits per heavy atom. The van der Waals surface area contributed by atoms with Gasteiger partial charge in [-0.3, -0.25) is 0 Å². The molecule has 1 unspecified atom stereocenters. The van der Waals surface area contributed by atoms with Gasteiger partial charge >= 0.3 is 0 Å². The van der Waals surface area contributed by atoms with Crippen LogP contribution in [0.15, 0.2) is 41.6 Å². The minimum absolute atomic E-state index is 0.0585. The average molecular weight is 184 g/mol. The predicted molar refractivity (Wildman–Crippen MR) is 51.3 cm³/mol. The van der Waals surface area contributed by atoms with E-state index in [2.05, 4.69) is 11.6 Å². The fraction of sp³-hybridized carbons (Fsp3) is 0.222. The van der Waals surface area contributed by atoms with Crippen molar-refractivity contribution in [2.24, 2.45) is 4.99 Å². The fourth-order valence-corrected chi connectivity index (χ4v) is 1.01. The van der Waals surface area contributed by atoms with Crippen molar-refractivity contribution in [3.05, 3.63) is 36.6 Å². The number of nitrogens with zero attached hydrogens (tertiary/aromatic N) is 1. The van der Waals surface area contributed by atoms with Crippen molar-refractivity contribution >= 4 is 17.0 Å². The Balaban J connectivity index is 2.83.